The summed E-state index contributed by atoms with van der Waals surface area (Å²) in [6, 6.07) is 2.65. The molecule has 5 nitrogen and oxygen atoms in total. The molecule has 1 fully saturated rings. The average molecular weight is 281 g/mol. The van der Waals surface area contributed by atoms with Crippen LogP contribution in [0.2, 0.25) is 0 Å². The number of rotatable bonds is 7. The van der Waals surface area contributed by atoms with Gasteiger partial charge in [-0.15, -0.1) is 0 Å². The Bertz CT molecular complexity index is 386. The van der Waals surface area contributed by atoms with Crippen LogP contribution >= 0.6 is 0 Å². The SMILES string of the molecule is CC(C)CNCc1cc(CN(C)C2CCOCC2)on1. The lowest BCUT2D eigenvalue weighted by Crippen LogP contribution is -2.36. The first-order chi connectivity index (χ1) is 9.65. The molecule has 1 N–H and O–H groups in total. The van der Waals surface area contributed by atoms with Crippen molar-refractivity contribution < 1.29 is 9.26 Å². The number of aromatic nitrogens is 1. The fraction of sp³-hybridized carbons (Fsp3) is 0.800. The molecule has 0 aromatic carbocycles. The molecule has 0 atom stereocenters. The van der Waals surface area contributed by atoms with E-state index in [2.05, 4.69) is 42.3 Å². The Balaban J connectivity index is 1.76. The Hall–Kier alpha value is -0.910. The number of hydrogen-bond acceptors (Lipinski definition) is 5. The molecule has 1 saturated heterocycles. The zero-order valence-electron chi connectivity index (χ0n) is 12.9. The molecule has 0 saturated carbocycles. The molecule has 1 aromatic heterocycles. The topological polar surface area (TPSA) is 50.5 Å². The van der Waals surface area contributed by atoms with Crippen LogP contribution in [0, 0.1) is 5.92 Å². The Morgan fingerprint density at radius 2 is 2.15 bits per heavy atom. The highest BCUT2D eigenvalue weighted by Gasteiger charge is 2.19. The van der Waals surface area contributed by atoms with Crippen molar-refractivity contribution in [3.05, 3.63) is 17.5 Å². The van der Waals surface area contributed by atoms with E-state index in [1.165, 1.54) is 0 Å². The highest BCUT2D eigenvalue weighted by Crippen LogP contribution is 2.16. The maximum Gasteiger partial charge on any atom is 0.151 e. The molecule has 0 bridgehead atoms. The lowest BCUT2D eigenvalue weighted by molar-refractivity contribution is 0.0381. The highest BCUT2D eigenvalue weighted by molar-refractivity contribution is 5.05. The van der Waals surface area contributed by atoms with Crippen molar-refractivity contribution in [2.75, 3.05) is 26.8 Å². The summed E-state index contributed by atoms with van der Waals surface area (Å²) in [5, 5.41) is 7.50. The van der Waals surface area contributed by atoms with Crippen molar-refractivity contribution in [1.29, 1.82) is 0 Å². The van der Waals surface area contributed by atoms with Gasteiger partial charge in [0.1, 0.15) is 0 Å². The minimum atomic E-state index is 0.594. The summed E-state index contributed by atoms with van der Waals surface area (Å²) in [4.78, 5) is 2.34. The minimum Gasteiger partial charge on any atom is -0.381 e. The molecule has 0 spiro atoms. The van der Waals surface area contributed by atoms with Gasteiger partial charge in [0.05, 0.1) is 12.2 Å². The van der Waals surface area contributed by atoms with Crippen LogP contribution < -0.4 is 5.32 Å². The van der Waals surface area contributed by atoms with Crippen LogP contribution in [0.4, 0.5) is 0 Å². The van der Waals surface area contributed by atoms with Crippen molar-refractivity contribution in [3.63, 3.8) is 0 Å². The molecule has 1 aromatic rings. The van der Waals surface area contributed by atoms with Gasteiger partial charge in [0.25, 0.3) is 0 Å². The van der Waals surface area contributed by atoms with Crippen LogP contribution in [-0.4, -0.2) is 42.9 Å². The van der Waals surface area contributed by atoms with Crippen molar-refractivity contribution in [2.45, 2.75) is 45.8 Å². The summed E-state index contributed by atoms with van der Waals surface area (Å²) >= 11 is 0. The van der Waals surface area contributed by atoms with Crippen LogP contribution in [0.15, 0.2) is 10.6 Å². The Kier molecular flexibility index (Phi) is 6.01. The molecule has 1 aliphatic rings. The fourth-order valence-corrected chi connectivity index (χ4v) is 2.50. The van der Waals surface area contributed by atoms with E-state index in [0.29, 0.717) is 12.0 Å². The number of ether oxygens (including phenoxy) is 1. The summed E-state index contributed by atoms with van der Waals surface area (Å²) in [7, 11) is 2.15. The molecular formula is C15H27N3O2. The van der Waals surface area contributed by atoms with Gasteiger partial charge in [0.15, 0.2) is 5.76 Å². The predicted molar refractivity (Wildman–Crippen MR) is 78.4 cm³/mol. The standard InChI is InChI=1S/C15H27N3O2/c1-12(2)9-16-10-13-8-15(20-17-13)11-18(3)14-4-6-19-7-5-14/h8,12,14,16H,4-7,9-11H2,1-3H3. The Morgan fingerprint density at radius 1 is 1.40 bits per heavy atom. The van der Waals surface area contributed by atoms with Gasteiger partial charge in [0.2, 0.25) is 0 Å². The number of hydrogen-bond donors (Lipinski definition) is 1. The van der Waals surface area contributed by atoms with E-state index in [1.807, 2.05) is 0 Å². The van der Waals surface area contributed by atoms with Gasteiger partial charge in [-0.05, 0) is 32.4 Å². The van der Waals surface area contributed by atoms with E-state index in [4.69, 9.17) is 9.26 Å². The molecule has 20 heavy (non-hydrogen) atoms. The summed E-state index contributed by atoms with van der Waals surface area (Å²) in [6.07, 6.45) is 2.21. The lowest BCUT2D eigenvalue weighted by atomic mass is 10.1. The second-order valence-electron chi connectivity index (χ2n) is 6.07. The third-order valence-corrected chi connectivity index (χ3v) is 3.69. The second-order valence-corrected chi connectivity index (χ2v) is 6.07. The fourth-order valence-electron chi connectivity index (χ4n) is 2.50. The molecule has 114 valence electrons. The molecule has 0 unspecified atom stereocenters. The van der Waals surface area contributed by atoms with Crippen LogP contribution in [0.5, 0.6) is 0 Å². The first-order valence-corrected chi connectivity index (χ1v) is 7.58. The summed E-state index contributed by atoms with van der Waals surface area (Å²) < 4.78 is 10.8. The van der Waals surface area contributed by atoms with Crippen molar-refractivity contribution in [1.82, 2.24) is 15.4 Å². The molecular weight excluding hydrogens is 254 g/mol. The van der Waals surface area contributed by atoms with E-state index in [0.717, 1.165) is 57.1 Å². The smallest absolute Gasteiger partial charge is 0.151 e. The normalized spacial score (nSPS) is 17.2. The average Bonchev–Trinajstić information content (AvgIpc) is 2.87. The zero-order valence-corrected chi connectivity index (χ0v) is 12.9. The van der Waals surface area contributed by atoms with Crippen molar-refractivity contribution in [2.24, 2.45) is 5.92 Å². The summed E-state index contributed by atoms with van der Waals surface area (Å²) in [6.45, 7) is 8.74. The van der Waals surface area contributed by atoms with Crippen molar-refractivity contribution >= 4 is 0 Å². The van der Waals surface area contributed by atoms with Gasteiger partial charge in [-0.2, -0.15) is 0 Å². The first-order valence-electron chi connectivity index (χ1n) is 7.58. The van der Waals surface area contributed by atoms with Gasteiger partial charge < -0.3 is 14.6 Å². The largest absolute Gasteiger partial charge is 0.381 e. The second kappa shape index (κ2) is 7.76. The molecule has 0 aliphatic carbocycles. The van der Waals surface area contributed by atoms with Gasteiger partial charge in [-0.3, -0.25) is 4.90 Å². The van der Waals surface area contributed by atoms with Crippen LogP contribution in [0.3, 0.4) is 0 Å². The van der Waals surface area contributed by atoms with Crippen LogP contribution in [0.25, 0.3) is 0 Å². The highest BCUT2D eigenvalue weighted by atomic mass is 16.5. The molecule has 0 amide bonds. The zero-order chi connectivity index (χ0) is 14.4. The van der Waals surface area contributed by atoms with Crippen LogP contribution in [0.1, 0.15) is 38.1 Å². The van der Waals surface area contributed by atoms with E-state index in [9.17, 15) is 0 Å². The Morgan fingerprint density at radius 3 is 2.85 bits per heavy atom. The van der Waals surface area contributed by atoms with E-state index in [1.54, 1.807) is 0 Å². The minimum absolute atomic E-state index is 0.594. The Labute approximate surface area is 121 Å². The third kappa shape index (κ3) is 4.89. The quantitative estimate of drug-likeness (QED) is 0.829. The maximum absolute atomic E-state index is 5.42. The predicted octanol–water partition coefficient (Wildman–Crippen LogP) is 2.03. The van der Waals surface area contributed by atoms with Gasteiger partial charge in [-0.25, -0.2) is 0 Å². The van der Waals surface area contributed by atoms with E-state index < -0.39 is 0 Å². The van der Waals surface area contributed by atoms with Gasteiger partial charge >= 0.3 is 0 Å². The van der Waals surface area contributed by atoms with Gasteiger partial charge in [0, 0.05) is 31.9 Å². The molecule has 2 heterocycles. The molecule has 0 radical (unpaired) electrons. The number of nitrogens with zero attached hydrogens (tertiary/aromatic N) is 2. The first kappa shape index (κ1) is 15.5. The third-order valence-electron chi connectivity index (χ3n) is 3.69. The molecule has 1 aliphatic heterocycles. The van der Waals surface area contributed by atoms with E-state index in [-0.39, 0.29) is 0 Å². The van der Waals surface area contributed by atoms with Crippen molar-refractivity contribution in [3.8, 4) is 0 Å². The number of nitrogens with one attached hydrogen (secondary N) is 1. The molecule has 2 rings (SSSR count). The maximum atomic E-state index is 5.42. The van der Waals surface area contributed by atoms with Gasteiger partial charge in [-0.1, -0.05) is 19.0 Å². The van der Waals surface area contributed by atoms with Crippen LogP contribution in [-0.2, 0) is 17.8 Å². The van der Waals surface area contributed by atoms with E-state index >= 15 is 0 Å². The monoisotopic (exact) mass is 281 g/mol. The summed E-state index contributed by atoms with van der Waals surface area (Å²) in [5.74, 6) is 1.60. The molecule has 5 heteroatoms. The summed E-state index contributed by atoms with van der Waals surface area (Å²) in [5.41, 5.74) is 0.987. The lowest BCUT2D eigenvalue weighted by Gasteiger charge is -2.30.